The van der Waals surface area contributed by atoms with Crippen molar-refractivity contribution in [2.45, 2.75) is 19.6 Å². The molecule has 12 rings (SSSR count). The first-order valence-electron chi connectivity index (χ1n) is 22.0. The normalized spacial score (nSPS) is 12.1. The molecule has 0 fully saturated rings. The molecule has 5 heteroatoms. The molecule has 2 heterocycles. The number of ether oxygens (including phenoxy) is 1. The van der Waals surface area contributed by atoms with Crippen LogP contribution in [-0.4, -0.2) is 8.07 Å². The Morgan fingerprint density at radius 1 is 0.391 bits per heavy atom. The summed E-state index contributed by atoms with van der Waals surface area (Å²) in [5.41, 5.74) is 12.6. The van der Waals surface area contributed by atoms with E-state index in [1.54, 1.807) is 0 Å². The predicted molar refractivity (Wildman–Crippen MR) is 272 cm³/mol. The van der Waals surface area contributed by atoms with E-state index in [1.165, 1.54) is 10.8 Å². The molecule has 64 heavy (non-hydrogen) atoms. The van der Waals surface area contributed by atoms with Crippen molar-refractivity contribution in [1.29, 1.82) is 0 Å². The Kier molecular flexibility index (Phi) is 8.82. The van der Waals surface area contributed by atoms with Crippen LogP contribution in [0.1, 0.15) is 0 Å². The van der Waals surface area contributed by atoms with Gasteiger partial charge in [0.05, 0.1) is 19.4 Å². The van der Waals surface area contributed by atoms with Crippen LogP contribution in [0.4, 0.5) is 34.1 Å². The molecule has 0 bridgehead atoms. The summed E-state index contributed by atoms with van der Waals surface area (Å²) in [6, 6.07) is 76.1. The Morgan fingerprint density at radius 2 is 1.03 bits per heavy atom. The van der Waals surface area contributed by atoms with E-state index in [0.717, 1.165) is 106 Å². The molecule has 4 nitrogen and oxygen atoms in total. The first kappa shape index (κ1) is 37.9. The van der Waals surface area contributed by atoms with Crippen LogP contribution in [0, 0.1) is 0 Å². The van der Waals surface area contributed by atoms with Gasteiger partial charge in [0, 0.05) is 56.1 Å². The second kappa shape index (κ2) is 14.9. The van der Waals surface area contributed by atoms with Crippen molar-refractivity contribution in [1.82, 2.24) is 0 Å². The van der Waals surface area contributed by atoms with Crippen molar-refractivity contribution < 1.29 is 9.15 Å². The average Bonchev–Trinajstić information content (AvgIpc) is 3.72. The fourth-order valence-electron chi connectivity index (χ4n) is 9.66. The van der Waals surface area contributed by atoms with Crippen LogP contribution in [0.25, 0.3) is 65.7 Å². The van der Waals surface area contributed by atoms with Crippen LogP contribution >= 0.6 is 0 Å². The third kappa shape index (κ3) is 6.27. The maximum Gasteiger partial charge on any atom is 0.159 e. The first-order chi connectivity index (χ1) is 31.4. The third-order valence-electron chi connectivity index (χ3n) is 12.8. The van der Waals surface area contributed by atoms with E-state index in [0.29, 0.717) is 0 Å². The fourth-order valence-corrected chi connectivity index (χ4v) is 10.8. The molecule has 0 radical (unpaired) electrons. The molecule has 0 atom stereocenters. The quantitative estimate of drug-likeness (QED) is 0.113. The minimum Gasteiger partial charge on any atom is -0.456 e. The Morgan fingerprint density at radius 3 is 1.86 bits per heavy atom. The Hall–Kier alpha value is -7.86. The molecule has 0 amide bonds. The second-order valence-corrected chi connectivity index (χ2v) is 22.8. The van der Waals surface area contributed by atoms with Crippen molar-refractivity contribution >= 4 is 90.9 Å². The maximum absolute atomic E-state index is 6.94. The van der Waals surface area contributed by atoms with Gasteiger partial charge < -0.3 is 19.0 Å². The smallest absolute Gasteiger partial charge is 0.159 e. The fraction of sp³-hybridized carbons (Fsp3) is 0.0508. The summed E-state index contributed by atoms with van der Waals surface area (Å²) in [5.74, 6) is 1.70. The monoisotopic (exact) mass is 840 g/mol. The molecule has 0 spiro atoms. The van der Waals surface area contributed by atoms with Crippen LogP contribution in [0.15, 0.2) is 217 Å². The first-order valence-corrected chi connectivity index (χ1v) is 25.5. The molecule has 306 valence electrons. The summed E-state index contributed by atoms with van der Waals surface area (Å²) < 4.78 is 13.7. The van der Waals surface area contributed by atoms with Gasteiger partial charge in [-0.1, -0.05) is 152 Å². The number of benzene rings is 10. The lowest BCUT2D eigenvalue weighted by Crippen LogP contribution is -2.37. The number of para-hydroxylation sites is 4. The number of furan rings is 1. The minimum absolute atomic E-state index is 0.843. The van der Waals surface area contributed by atoms with Gasteiger partial charge in [0.2, 0.25) is 0 Å². The predicted octanol–water partition coefficient (Wildman–Crippen LogP) is 16.8. The lowest BCUT2D eigenvalue weighted by atomic mass is 9.90. The van der Waals surface area contributed by atoms with Crippen molar-refractivity contribution in [3.63, 3.8) is 0 Å². The number of hydrogen-bond acceptors (Lipinski definition) is 4. The van der Waals surface area contributed by atoms with E-state index < -0.39 is 8.07 Å². The molecular formula is C59H44N2O2Si. The highest BCUT2D eigenvalue weighted by Gasteiger charge is 2.26. The van der Waals surface area contributed by atoms with Crippen molar-refractivity contribution in [3.05, 3.63) is 212 Å². The van der Waals surface area contributed by atoms with Crippen LogP contribution in [0.5, 0.6) is 11.5 Å². The van der Waals surface area contributed by atoms with Gasteiger partial charge in [-0.05, 0) is 106 Å². The summed E-state index contributed by atoms with van der Waals surface area (Å²) in [5, 5.41) is 8.20. The van der Waals surface area contributed by atoms with Crippen LogP contribution < -0.4 is 19.7 Å². The summed E-state index contributed by atoms with van der Waals surface area (Å²) in [6.45, 7) is 7.18. The molecule has 1 aliphatic heterocycles. The van der Waals surface area contributed by atoms with E-state index in [-0.39, 0.29) is 0 Å². The molecule has 1 aromatic heterocycles. The second-order valence-electron chi connectivity index (χ2n) is 17.7. The van der Waals surface area contributed by atoms with Crippen molar-refractivity contribution in [2.75, 3.05) is 9.80 Å². The molecule has 0 saturated carbocycles. The largest absolute Gasteiger partial charge is 0.456 e. The zero-order chi connectivity index (χ0) is 42.9. The lowest BCUT2D eigenvalue weighted by Gasteiger charge is -2.29. The highest BCUT2D eigenvalue weighted by Crippen LogP contribution is 2.52. The van der Waals surface area contributed by atoms with Gasteiger partial charge in [0.1, 0.15) is 17.1 Å². The van der Waals surface area contributed by atoms with Crippen LogP contribution in [-0.2, 0) is 0 Å². The highest BCUT2D eigenvalue weighted by atomic mass is 28.3. The molecule has 0 saturated heterocycles. The van der Waals surface area contributed by atoms with Crippen LogP contribution in [0.3, 0.4) is 0 Å². The Labute approximate surface area is 373 Å². The minimum atomic E-state index is -1.46. The molecular weight excluding hydrogens is 797 g/mol. The third-order valence-corrected chi connectivity index (χ3v) is 14.8. The van der Waals surface area contributed by atoms with E-state index in [4.69, 9.17) is 9.15 Å². The lowest BCUT2D eigenvalue weighted by molar-refractivity contribution is 0.487. The molecule has 11 aromatic rings. The van der Waals surface area contributed by atoms with Gasteiger partial charge in [-0.2, -0.15) is 0 Å². The highest BCUT2D eigenvalue weighted by molar-refractivity contribution is 6.88. The maximum atomic E-state index is 6.94. The summed E-state index contributed by atoms with van der Waals surface area (Å²) >= 11 is 0. The number of nitrogens with zero attached hydrogens (tertiary/aromatic N) is 2. The molecule has 0 unspecified atom stereocenters. The van der Waals surface area contributed by atoms with Gasteiger partial charge in [-0.15, -0.1) is 0 Å². The van der Waals surface area contributed by atoms with E-state index in [1.807, 2.05) is 6.07 Å². The molecule has 10 aromatic carbocycles. The Bertz CT molecular complexity index is 3570. The zero-order valence-electron chi connectivity index (χ0n) is 35.9. The zero-order valence-corrected chi connectivity index (χ0v) is 36.9. The SMILES string of the molecule is C[Si](C)(C)c1ccc(N(c2ccccc2)c2ccc3c(c2)Oc2cccc4c2c-3cc2ccc(N(c3ccccc3-c3ccccc3)c3cccc5c3oc3ccccc35)cc24)cc1. The number of hydrogen-bond donors (Lipinski definition) is 0. The van der Waals surface area contributed by atoms with Crippen molar-refractivity contribution in [2.24, 2.45) is 0 Å². The summed E-state index contributed by atoms with van der Waals surface area (Å²) in [6.07, 6.45) is 0. The van der Waals surface area contributed by atoms with Gasteiger partial charge in [0.15, 0.2) is 5.58 Å². The van der Waals surface area contributed by atoms with Gasteiger partial charge in [-0.25, -0.2) is 0 Å². The van der Waals surface area contributed by atoms with Gasteiger partial charge in [0.25, 0.3) is 0 Å². The number of fused-ring (bicyclic) bond motifs is 7. The van der Waals surface area contributed by atoms with E-state index >= 15 is 0 Å². The summed E-state index contributed by atoms with van der Waals surface area (Å²) in [4.78, 5) is 4.69. The van der Waals surface area contributed by atoms with E-state index in [2.05, 4.69) is 236 Å². The van der Waals surface area contributed by atoms with E-state index in [9.17, 15) is 0 Å². The summed E-state index contributed by atoms with van der Waals surface area (Å²) in [7, 11) is -1.46. The van der Waals surface area contributed by atoms with Gasteiger partial charge >= 0.3 is 0 Å². The van der Waals surface area contributed by atoms with Crippen molar-refractivity contribution in [3.8, 4) is 33.8 Å². The molecule has 0 aliphatic carbocycles. The standard InChI is InChI=1S/C59H44N2O2Si/c1-64(2,3)45-33-30-42(31-34-45)60(41-18-8-5-9-19-41)44-32-35-48-52-36-40-28-29-43(37-51(40)49-22-15-27-56(58(49)52)62-57(48)38-44)61(53-24-12-10-20-46(53)39-16-6-4-7-17-39)54-25-14-23-50-47-21-11-13-26-55(47)63-59(50)54/h4-38H,1-3H3. The number of rotatable bonds is 8. The molecule has 0 N–H and O–H groups in total. The number of anilines is 6. The van der Waals surface area contributed by atoms with Gasteiger partial charge in [-0.3, -0.25) is 0 Å². The Balaban J connectivity index is 1.02. The van der Waals surface area contributed by atoms with Crippen LogP contribution in [0.2, 0.25) is 19.6 Å². The topological polar surface area (TPSA) is 28.9 Å². The molecule has 1 aliphatic rings. The average molecular weight is 841 g/mol.